The molecule has 0 saturated heterocycles. The van der Waals surface area contributed by atoms with Crippen LogP contribution < -0.4 is 0 Å². The highest BCUT2D eigenvalue weighted by atomic mass is 32.2. The second-order valence-electron chi connectivity index (χ2n) is 4.40. The molecule has 2 atom stereocenters. The fourth-order valence-corrected chi connectivity index (χ4v) is 2.11. The Morgan fingerprint density at radius 3 is 2.56 bits per heavy atom. The van der Waals surface area contributed by atoms with Crippen LogP contribution in [0.4, 0.5) is 0 Å². The number of thioether (sulfide) groups is 1. The first-order valence-electron chi connectivity index (χ1n) is 6.69. The summed E-state index contributed by atoms with van der Waals surface area (Å²) in [6.07, 6.45) is 2.34. The molecule has 0 amide bonds. The van der Waals surface area contributed by atoms with E-state index in [9.17, 15) is 4.79 Å². The lowest BCUT2D eigenvalue weighted by atomic mass is 10.2. The zero-order valence-electron chi connectivity index (χ0n) is 12.2. The van der Waals surface area contributed by atoms with Crippen molar-refractivity contribution >= 4 is 17.7 Å². The van der Waals surface area contributed by atoms with Crippen LogP contribution in [0.25, 0.3) is 0 Å². The number of carbonyl (C=O) groups is 1. The number of hydrogen-bond donors (Lipinski definition) is 0. The first kappa shape index (κ1) is 17.4. The van der Waals surface area contributed by atoms with Gasteiger partial charge in [-0.15, -0.1) is 11.8 Å². The van der Waals surface area contributed by atoms with Gasteiger partial charge in [-0.2, -0.15) is 10.2 Å². The molecular weight excluding hydrogens is 248 g/mol. The standard InChI is InChI=1S/C13H26N2O2S/c1-6-11(4)14-15-13(5,7-2)18-10-9-12(16)17-8-3/h11H,6-10H2,1-5H3. The van der Waals surface area contributed by atoms with Crippen LogP contribution in [0.15, 0.2) is 10.2 Å². The second kappa shape index (κ2) is 9.36. The lowest BCUT2D eigenvalue weighted by Gasteiger charge is -2.21. The van der Waals surface area contributed by atoms with Gasteiger partial charge in [-0.05, 0) is 33.6 Å². The lowest BCUT2D eigenvalue weighted by molar-refractivity contribution is -0.142. The Kier molecular flexibility index (Phi) is 9.06. The lowest BCUT2D eigenvalue weighted by Crippen LogP contribution is -2.17. The molecule has 106 valence electrons. The predicted octanol–water partition coefficient (Wildman–Crippen LogP) is 4.05. The smallest absolute Gasteiger partial charge is 0.306 e. The van der Waals surface area contributed by atoms with Gasteiger partial charge in [-0.1, -0.05) is 13.8 Å². The minimum Gasteiger partial charge on any atom is -0.466 e. The summed E-state index contributed by atoms with van der Waals surface area (Å²) >= 11 is 1.67. The number of ether oxygens (including phenoxy) is 1. The van der Waals surface area contributed by atoms with Gasteiger partial charge in [-0.25, -0.2) is 0 Å². The Hall–Kier alpha value is -0.580. The maximum atomic E-state index is 11.2. The summed E-state index contributed by atoms with van der Waals surface area (Å²) in [5.74, 6) is 0.588. The van der Waals surface area contributed by atoms with E-state index in [1.165, 1.54) is 0 Å². The third kappa shape index (κ3) is 7.69. The summed E-state index contributed by atoms with van der Waals surface area (Å²) in [6, 6.07) is 0.265. The predicted molar refractivity (Wildman–Crippen MR) is 77.0 cm³/mol. The Labute approximate surface area is 115 Å². The molecule has 4 nitrogen and oxygen atoms in total. The average molecular weight is 274 g/mol. The highest BCUT2D eigenvalue weighted by Crippen LogP contribution is 2.31. The molecule has 0 N–H and O–H groups in total. The maximum absolute atomic E-state index is 11.2. The molecule has 0 radical (unpaired) electrons. The molecule has 0 aliphatic heterocycles. The molecule has 0 rings (SSSR count). The molecule has 0 spiro atoms. The van der Waals surface area contributed by atoms with Crippen molar-refractivity contribution in [2.75, 3.05) is 12.4 Å². The number of esters is 1. The number of carbonyl (C=O) groups excluding carboxylic acids is 1. The van der Waals surface area contributed by atoms with Crippen molar-refractivity contribution in [3.63, 3.8) is 0 Å². The number of azo groups is 1. The molecule has 0 aliphatic rings. The zero-order valence-corrected chi connectivity index (χ0v) is 13.0. The van der Waals surface area contributed by atoms with E-state index in [1.54, 1.807) is 11.8 Å². The summed E-state index contributed by atoms with van der Waals surface area (Å²) in [5.41, 5.74) is 0. The molecule has 0 saturated carbocycles. The van der Waals surface area contributed by atoms with Crippen molar-refractivity contribution < 1.29 is 9.53 Å². The zero-order chi connectivity index (χ0) is 14.0. The largest absolute Gasteiger partial charge is 0.466 e. The molecule has 5 heteroatoms. The molecule has 0 aromatic heterocycles. The minimum absolute atomic E-state index is 0.137. The van der Waals surface area contributed by atoms with E-state index >= 15 is 0 Å². The maximum Gasteiger partial charge on any atom is 0.306 e. The summed E-state index contributed by atoms with van der Waals surface area (Å²) in [6.45, 7) is 10.6. The van der Waals surface area contributed by atoms with Crippen molar-refractivity contribution in [3.05, 3.63) is 0 Å². The van der Waals surface area contributed by atoms with Crippen LogP contribution in [-0.4, -0.2) is 29.2 Å². The van der Waals surface area contributed by atoms with Crippen LogP contribution in [0.3, 0.4) is 0 Å². The Bertz CT molecular complexity index is 272. The van der Waals surface area contributed by atoms with E-state index in [-0.39, 0.29) is 16.9 Å². The van der Waals surface area contributed by atoms with Gasteiger partial charge in [0.1, 0.15) is 4.87 Å². The quantitative estimate of drug-likeness (QED) is 0.471. The van der Waals surface area contributed by atoms with E-state index in [0.29, 0.717) is 13.0 Å². The number of hydrogen-bond acceptors (Lipinski definition) is 5. The van der Waals surface area contributed by atoms with Gasteiger partial charge >= 0.3 is 5.97 Å². The Balaban J connectivity index is 4.15. The molecule has 0 aliphatic carbocycles. The van der Waals surface area contributed by atoms with E-state index in [4.69, 9.17) is 4.74 Å². The first-order valence-corrected chi connectivity index (χ1v) is 7.67. The number of nitrogens with zero attached hydrogens (tertiary/aromatic N) is 2. The third-order valence-electron chi connectivity index (χ3n) is 2.74. The van der Waals surface area contributed by atoms with E-state index in [1.807, 2.05) is 6.92 Å². The van der Waals surface area contributed by atoms with Gasteiger partial charge < -0.3 is 4.74 Å². The molecule has 0 aromatic carbocycles. The van der Waals surface area contributed by atoms with Crippen molar-refractivity contribution in [1.82, 2.24) is 0 Å². The third-order valence-corrected chi connectivity index (χ3v) is 4.14. The molecule has 0 heterocycles. The van der Waals surface area contributed by atoms with Gasteiger partial charge in [0.05, 0.1) is 19.1 Å². The Morgan fingerprint density at radius 1 is 1.39 bits per heavy atom. The highest BCUT2D eigenvalue weighted by Gasteiger charge is 2.22. The van der Waals surface area contributed by atoms with Crippen LogP contribution in [0, 0.1) is 0 Å². The molecule has 0 fully saturated rings. The second-order valence-corrected chi connectivity index (χ2v) is 5.98. The summed E-state index contributed by atoms with van der Waals surface area (Å²) in [5, 5.41) is 8.73. The molecule has 0 bridgehead atoms. The van der Waals surface area contributed by atoms with Gasteiger partial charge in [0.15, 0.2) is 0 Å². The SMILES string of the molecule is CCOC(=O)CCSC(C)(CC)N=NC(C)CC. The Morgan fingerprint density at radius 2 is 2.06 bits per heavy atom. The summed E-state index contributed by atoms with van der Waals surface area (Å²) in [4.78, 5) is 11.0. The molecule has 0 aromatic rings. The van der Waals surface area contributed by atoms with Crippen molar-refractivity contribution in [1.29, 1.82) is 0 Å². The minimum atomic E-state index is -0.226. The van der Waals surface area contributed by atoms with Gasteiger partial charge in [0, 0.05) is 5.75 Å². The fraction of sp³-hybridized carbons (Fsp3) is 0.923. The van der Waals surface area contributed by atoms with Crippen LogP contribution in [0.5, 0.6) is 0 Å². The van der Waals surface area contributed by atoms with Gasteiger partial charge in [0.2, 0.25) is 0 Å². The van der Waals surface area contributed by atoms with Crippen LogP contribution in [-0.2, 0) is 9.53 Å². The van der Waals surface area contributed by atoms with E-state index in [0.717, 1.165) is 18.6 Å². The van der Waals surface area contributed by atoms with Crippen LogP contribution in [0.1, 0.15) is 53.9 Å². The number of rotatable bonds is 9. The van der Waals surface area contributed by atoms with Crippen LogP contribution >= 0.6 is 11.8 Å². The van der Waals surface area contributed by atoms with Gasteiger partial charge in [0.25, 0.3) is 0 Å². The van der Waals surface area contributed by atoms with Gasteiger partial charge in [-0.3, -0.25) is 4.79 Å². The molecular formula is C13H26N2O2S. The fourth-order valence-electron chi connectivity index (χ4n) is 1.09. The van der Waals surface area contributed by atoms with E-state index in [2.05, 4.69) is 37.9 Å². The summed E-state index contributed by atoms with van der Waals surface area (Å²) < 4.78 is 4.90. The van der Waals surface area contributed by atoms with Crippen molar-refractivity contribution in [3.8, 4) is 0 Å². The van der Waals surface area contributed by atoms with E-state index < -0.39 is 0 Å². The normalized spacial score (nSPS) is 16.5. The topological polar surface area (TPSA) is 51.0 Å². The average Bonchev–Trinajstić information content (AvgIpc) is 2.36. The highest BCUT2D eigenvalue weighted by molar-refractivity contribution is 8.00. The van der Waals surface area contributed by atoms with Crippen LogP contribution in [0.2, 0.25) is 0 Å². The first-order chi connectivity index (χ1) is 8.47. The van der Waals surface area contributed by atoms with Crippen molar-refractivity contribution in [2.24, 2.45) is 10.2 Å². The summed E-state index contributed by atoms with van der Waals surface area (Å²) in [7, 11) is 0. The monoisotopic (exact) mass is 274 g/mol. The molecule has 18 heavy (non-hydrogen) atoms. The van der Waals surface area contributed by atoms with Crippen molar-refractivity contribution in [2.45, 2.75) is 64.8 Å². The molecule has 2 unspecified atom stereocenters.